The number of likely N-dealkylation sites (tertiary alicyclic amines) is 2. The van der Waals surface area contributed by atoms with Crippen molar-refractivity contribution in [3.8, 4) is 0 Å². The maximum absolute atomic E-state index is 12.7. The molecule has 0 aromatic rings. The molecule has 0 saturated carbocycles. The predicted octanol–water partition coefficient (Wildman–Crippen LogP) is 2.90. The van der Waals surface area contributed by atoms with Crippen molar-refractivity contribution in [2.75, 3.05) is 52.5 Å². The Morgan fingerprint density at radius 3 is 1.52 bits per heavy atom. The van der Waals surface area contributed by atoms with Gasteiger partial charge in [-0.3, -0.25) is 9.80 Å². The second-order valence-electron chi connectivity index (χ2n) is 8.29. The van der Waals surface area contributed by atoms with Crippen LogP contribution in [0.15, 0.2) is 22.5 Å². The van der Waals surface area contributed by atoms with Gasteiger partial charge in [-0.05, 0) is 65.7 Å². The highest BCUT2D eigenvalue weighted by molar-refractivity contribution is 5.97. The Hall–Kier alpha value is -1.28. The first kappa shape index (κ1) is 27.8. The van der Waals surface area contributed by atoms with E-state index >= 15 is 0 Å². The Morgan fingerprint density at radius 2 is 1.16 bits per heavy atom. The van der Waals surface area contributed by atoms with Crippen LogP contribution in [0, 0.1) is 5.92 Å². The molecule has 2 saturated heterocycles. The molecule has 0 spiro atoms. The molecular weight excluding hydrogens is 441 g/mol. The van der Waals surface area contributed by atoms with Gasteiger partial charge < -0.3 is 14.8 Å². The molecule has 0 amide bonds. The van der Waals surface area contributed by atoms with Crippen molar-refractivity contribution in [1.29, 1.82) is 0 Å². The van der Waals surface area contributed by atoms with Crippen molar-refractivity contribution in [2.45, 2.75) is 46.5 Å². The van der Waals surface area contributed by atoms with Crippen LogP contribution in [0.1, 0.15) is 46.5 Å². The molecule has 2 fully saturated rings. The number of dihydropyridines is 1. The van der Waals surface area contributed by atoms with Crippen molar-refractivity contribution in [3.05, 3.63) is 22.5 Å². The molecule has 0 atom stereocenters. The molecule has 0 aromatic carbocycles. The monoisotopic (exact) mass is 477 g/mol. The standard InChI is InChI=1S/C22H35N3O4.2ClH/c1-16-19(21(26)28-14-12-24-8-4-5-9-24)17(2)23-18(3)20(16)22(27)29-15-13-25-10-6-7-11-25;;/h16,23H,4-15H2,1-3H3;2*1H. The maximum Gasteiger partial charge on any atom is 0.336 e. The highest BCUT2D eigenvalue weighted by Gasteiger charge is 2.34. The third-order valence-corrected chi connectivity index (χ3v) is 6.17. The summed E-state index contributed by atoms with van der Waals surface area (Å²) in [6.45, 7) is 12.2. The summed E-state index contributed by atoms with van der Waals surface area (Å²) in [6.07, 6.45) is 4.86. The van der Waals surface area contributed by atoms with Gasteiger partial charge >= 0.3 is 11.9 Å². The fraction of sp³-hybridized carbons (Fsp3) is 0.727. The summed E-state index contributed by atoms with van der Waals surface area (Å²) in [7, 11) is 0. The SMILES string of the molecule is CC1=C(C(=O)OCCN2CCCC2)C(C)C(C(=O)OCCN2CCCC2)=C(C)N1.Cl.Cl. The molecular formula is C22H37Cl2N3O4. The summed E-state index contributed by atoms with van der Waals surface area (Å²) in [5, 5.41) is 3.17. The first-order chi connectivity index (χ1) is 14.0. The minimum atomic E-state index is -0.352. The number of allylic oxidation sites excluding steroid dienone is 2. The number of hydrogen-bond donors (Lipinski definition) is 1. The van der Waals surface area contributed by atoms with Crippen LogP contribution in [0.2, 0.25) is 0 Å². The summed E-state index contributed by atoms with van der Waals surface area (Å²) in [4.78, 5) is 30.1. The zero-order valence-electron chi connectivity index (χ0n) is 18.9. The normalized spacial score (nSPS) is 20.2. The van der Waals surface area contributed by atoms with E-state index in [9.17, 15) is 9.59 Å². The Bertz CT molecular complexity index is 628. The van der Waals surface area contributed by atoms with E-state index in [-0.39, 0.29) is 42.7 Å². The van der Waals surface area contributed by atoms with E-state index in [1.807, 2.05) is 20.8 Å². The van der Waals surface area contributed by atoms with Crippen molar-refractivity contribution in [1.82, 2.24) is 15.1 Å². The van der Waals surface area contributed by atoms with Crippen molar-refractivity contribution in [3.63, 3.8) is 0 Å². The molecule has 0 bridgehead atoms. The van der Waals surface area contributed by atoms with Crippen molar-refractivity contribution < 1.29 is 19.1 Å². The molecule has 0 aliphatic carbocycles. The van der Waals surface area contributed by atoms with Gasteiger partial charge in [0.25, 0.3) is 0 Å². The molecule has 3 heterocycles. The van der Waals surface area contributed by atoms with Crippen LogP contribution in [-0.4, -0.2) is 74.2 Å². The molecule has 0 radical (unpaired) electrons. The van der Waals surface area contributed by atoms with Crippen LogP contribution in [0.25, 0.3) is 0 Å². The summed E-state index contributed by atoms with van der Waals surface area (Å²) < 4.78 is 11.1. The van der Waals surface area contributed by atoms with Crippen LogP contribution in [0.3, 0.4) is 0 Å². The Morgan fingerprint density at radius 1 is 0.806 bits per heavy atom. The van der Waals surface area contributed by atoms with Crippen molar-refractivity contribution >= 4 is 36.8 Å². The number of carbonyl (C=O) groups is 2. The second kappa shape index (κ2) is 13.3. The molecule has 9 heteroatoms. The lowest BCUT2D eigenvalue weighted by Crippen LogP contribution is -2.34. The van der Waals surface area contributed by atoms with Crippen LogP contribution >= 0.6 is 24.8 Å². The number of rotatable bonds is 8. The van der Waals surface area contributed by atoms with Gasteiger partial charge in [-0.25, -0.2) is 9.59 Å². The molecule has 31 heavy (non-hydrogen) atoms. The molecule has 3 aliphatic rings. The highest BCUT2D eigenvalue weighted by Crippen LogP contribution is 2.30. The van der Waals surface area contributed by atoms with E-state index in [4.69, 9.17) is 9.47 Å². The summed E-state index contributed by atoms with van der Waals surface area (Å²) in [5.74, 6) is -1.05. The van der Waals surface area contributed by atoms with E-state index in [1.165, 1.54) is 25.7 Å². The number of nitrogens with zero attached hydrogens (tertiary/aromatic N) is 2. The van der Waals surface area contributed by atoms with Gasteiger partial charge in [0.05, 0.1) is 11.1 Å². The van der Waals surface area contributed by atoms with Crippen LogP contribution in [0.4, 0.5) is 0 Å². The van der Waals surface area contributed by atoms with Gasteiger partial charge in [0.15, 0.2) is 0 Å². The van der Waals surface area contributed by atoms with Crippen LogP contribution in [-0.2, 0) is 19.1 Å². The average Bonchev–Trinajstić information content (AvgIpc) is 3.35. The third-order valence-electron chi connectivity index (χ3n) is 6.17. The Kier molecular flexibility index (Phi) is 11.9. The van der Waals surface area contributed by atoms with Gasteiger partial charge in [0, 0.05) is 30.4 Å². The van der Waals surface area contributed by atoms with E-state index in [1.54, 1.807) is 0 Å². The first-order valence-corrected chi connectivity index (χ1v) is 10.9. The quantitative estimate of drug-likeness (QED) is 0.538. The minimum Gasteiger partial charge on any atom is -0.461 e. The van der Waals surface area contributed by atoms with Gasteiger partial charge in [0.1, 0.15) is 13.2 Å². The third kappa shape index (κ3) is 7.38. The lowest BCUT2D eigenvalue weighted by Gasteiger charge is -2.28. The van der Waals surface area contributed by atoms with Gasteiger partial charge in [-0.1, -0.05) is 6.92 Å². The van der Waals surface area contributed by atoms with Crippen LogP contribution < -0.4 is 5.32 Å². The van der Waals surface area contributed by atoms with Gasteiger partial charge in [-0.2, -0.15) is 0 Å². The first-order valence-electron chi connectivity index (χ1n) is 10.9. The topological polar surface area (TPSA) is 71.1 Å². The summed E-state index contributed by atoms with van der Waals surface area (Å²) in [6, 6.07) is 0. The van der Waals surface area contributed by atoms with E-state index in [2.05, 4.69) is 15.1 Å². The fourth-order valence-corrected chi connectivity index (χ4v) is 4.57. The van der Waals surface area contributed by atoms with Gasteiger partial charge in [0.2, 0.25) is 0 Å². The lowest BCUT2D eigenvalue weighted by molar-refractivity contribution is -0.140. The predicted molar refractivity (Wildman–Crippen MR) is 125 cm³/mol. The molecule has 0 unspecified atom stereocenters. The second-order valence-corrected chi connectivity index (χ2v) is 8.29. The number of ether oxygens (including phenoxy) is 2. The smallest absolute Gasteiger partial charge is 0.336 e. The maximum atomic E-state index is 12.7. The molecule has 178 valence electrons. The largest absolute Gasteiger partial charge is 0.461 e. The summed E-state index contributed by atoms with van der Waals surface area (Å²) in [5.41, 5.74) is 2.52. The lowest BCUT2D eigenvalue weighted by atomic mass is 9.87. The van der Waals surface area contributed by atoms with E-state index in [0.29, 0.717) is 24.4 Å². The van der Waals surface area contributed by atoms with Gasteiger partial charge in [-0.15, -0.1) is 24.8 Å². The Labute approximate surface area is 198 Å². The van der Waals surface area contributed by atoms with Crippen molar-refractivity contribution in [2.24, 2.45) is 5.92 Å². The fourth-order valence-electron chi connectivity index (χ4n) is 4.57. The molecule has 0 aromatic heterocycles. The number of carbonyl (C=O) groups excluding carboxylic acids is 2. The molecule has 3 aliphatic heterocycles. The van der Waals surface area contributed by atoms with E-state index < -0.39 is 0 Å². The zero-order valence-corrected chi connectivity index (χ0v) is 20.5. The summed E-state index contributed by atoms with van der Waals surface area (Å²) >= 11 is 0. The number of halogens is 2. The average molecular weight is 478 g/mol. The molecule has 7 nitrogen and oxygen atoms in total. The Balaban J connectivity index is 0.00000240. The number of hydrogen-bond acceptors (Lipinski definition) is 7. The number of nitrogens with one attached hydrogen (secondary N) is 1. The zero-order chi connectivity index (χ0) is 20.8. The molecule has 3 rings (SSSR count). The number of esters is 2. The highest BCUT2D eigenvalue weighted by atomic mass is 35.5. The van der Waals surface area contributed by atoms with Crippen LogP contribution in [0.5, 0.6) is 0 Å². The minimum absolute atomic E-state index is 0. The molecule has 1 N–H and O–H groups in total. The van der Waals surface area contributed by atoms with E-state index in [0.717, 1.165) is 50.7 Å².